The highest BCUT2D eigenvalue weighted by Gasteiger charge is 2.01. The largest absolute Gasteiger partial charge is 0.381 e. The van der Waals surface area contributed by atoms with Crippen LogP contribution >= 0.6 is 0 Å². The van der Waals surface area contributed by atoms with Crippen LogP contribution in [0.15, 0.2) is 12.2 Å². The SMILES string of the molecule is CC=CCOC(O)CCOCCC. The van der Waals surface area contributed by atoms with Crippen molar-refractivity contribution in [3.63, 3.8) is 0 Å². The van der Waals surface area contributed by atoms with Crippen LogP contribution in [0.2, 0.25) is 0 Å². The fraction of sp³-hybridized carbons (Fsp3) is 0.800. The van der Waals surface area contributed by atoms with Crippen LogP contribution in [0.25, 0.3) is 0 Å². The molecule has 0 bridgehead atoms. The number of aliphatic hydroxyl groups excluding tert-OH is 1. The molecule has 13 heavy (non-hydrogen) atoms. The van der Waals surface area contributed by atoms with Gasteiger partial charge in [0, 0.05) is 13.0 Å². The topological polar surface area (TPSA) is 38.7 Å². The lowest BCUT2D eigenvalue weighted by molar-refractivity contribution is -0.103. The highest BCUT2D eigenvalue weighted by molar-refractivity contribution is 4.75. The van der Waals surface area contributed by atoms with Gasteiger partial charge in [-0.15, -0.1) is 0 Å². The Labute approximate surface area is 80.4 Å². The third-order valence-electron chi connectivity index (χ3n) is 1.48. The number of allylic oxidation sites excluding steroid dienone is 1. The zero-order valence-corrected chi connectivity index (χ0v) is 8.53. The van der Waals surface area contributed by atoms with Crippen molar-refractivity contribution in [1.82, 2.24) is 0 Å². The van der Waals surface area contributed by atoms with Gasteiger partial charge in [0.15, 0.2) is 6.29 Å². The van der Waals surface area contributed by atoms with E-state index in [1.807, 2.05) is 19.1 Å². The number of hydrogen-bond acceptors (Lipinski definition) is 3. The Hall–Kier alpha value is -0.380. The molecule has 0 aromatic rings. The van der Waals surface area contributed by atoms with Crippen molar-refractivity contribution in [1.29, 1.82) is 0 Å². The van der Waals surface area contributed by atoms with Gasteiger partial charge >= 0.3 is 0 Å². The second-order valence-corrected chi connectivity index (χ2v) is 2.76. The van der Waals surface area contributed by atoms with Crippen LogP contribution in [0.4, 0.5) is 0 Å². The molecule has 0 heterocycles. The second-order valence-electron chi connectivity index (χ2n) is 2.76. The van der Waals surface area contributed by atoms with Gasteiger partial charge < -0.3 is 14.6 Å². The summed E-state index contributed by atoms with van der Waals surface area (Å²) in [5, 5.41) is 9.24. The van der Waals surface area contributed by atoms with Crippen LogP contribution in [-0.4, -0.2) is 31.2 Å². The van der Waals surface area contributed by atoms with Crippen LogP contribution in [-0.2, 0) is 9.47 Å². The van der Waals surface area contributed by atoms with Crippen molar-refractivity contribution >= 4 is 0 Å². The van der Waals surface area contributed by atoms with E-state index < -0.39 is 6.29 Å². The molecule has 0 aliphatic heterocycles. The fourth-order valence-corrected chi connectivity index (χ4v) is 0.777. The smallest absolute Gasteiger partial charge is 0.157 e. The standard InChI is InChI=1S/C10H20O3/c1-3-5-8-13-10(11)6-9-12-7-4-2/h3,5,10-11H,4,6-9H2,1-2H3. The van der Waals surface area contributed by atoms with Crippen molar-refractivity contribution in [2.75, 3.05) is 19.8 Å². The van der Waals surface area contributed by atoms with E-state index >= 15 is 0 Å². The van der Waals surface area contributed by atoms with E-state index in [-0.39, 0.29) is 0 Å². The third kappa shape index (κ3) is 9.53. The minimum absolute atomic E-state index is 0.464. The highest BCUT2D eigenvalue weighted by atomic mass is 16.6. The molecule has 1 N–H and O–H groups in total. The van der Waals surface area contributed by atoms with Gasteiger partial charge in [0.05, 0.1) is 13.2 Å². The monoisotopic (exact) mass is 188 g/mol. The normalized spacial score (nSPS) is 13.8. The first-order chi connectivity index (χ1) is 6.31. The molecule has 0 aromatic carbocycles. The fourth-order valence-electron chi connectivity index (χ4n) is 0.777. The van der Waals surface area contributed by atoms with Crippen molar-refractivity contribution in [3.05, 3.63) is 12.2 Å². The van der Waals surface area contributed by atoms with Crippen LogP contribution in [0.1, 0.15) is 26.7 Å². The summed E-state index contributed by atoms with van der Waals surface area (Å²) in [7, 11) is 0. The Morgan fingerprint density at radius 2 is 2.15 bits per heavy atom. The highest BCUT2D eigenvalue weighted by Crippen LogP contribution is 1.95. The first kappa shape index (κ1) is 12.6. The van der Waals surface area contributed by atoms with Crippen molar-refractivity contribution in [3.8, 4) is 0 Å². The summed E-state index contributed by atoms with van der Waals surface area (Å²) in [6.07, 6.45) is 4.59. The lowest BCUT2D eigenvalue weighted by atomic mass is 10.4. The maximum Gasteiger partial charge on any atom is 0.157 e. The Kier molecular flexibility index (Phi) is 9.42. The molecule has 0 aliphatic carbocycles. The molecule has 0 aliphatic rings. The maximum atomic E-state index is 9.24. The summed E-state index contributed by atoms with van der Waals surface area (Å²) in [6.45, 7) is 5.75. The van der Waals surface area contributed by atoms with E-state index in [1.54, 1.807) is 0 Å². The molecular weight excluding hydrogens is 168 g/mol. The van der Waals surface area contributed by atoms with Crippen LogP contribution < -0.4 is 0 Å². The van der Waals surface area contributed by atoms with E-state index in [9.17, 15) is 5.11 Å². The molecule has 0 amide bonds. The van der Waals surface area contributed by atoms with Gasteiger partial charge in [-0.05, 0) is 13.3 Å². The van der Waals surface area contributed by atoms with E-state index in [2.05, 4.69) is 6.92 Å². The van der Waals surface area contributed by atoms with E-state index in [4.69, 9.17) is 9.47 Å². The molecule has 0 saturated heterocycles. The first-order valence-electron chi connectivity index (χ1n) is 4.79. The average Bonchev–Trinajstić information content (AvgIpc) is 2.13. The van der Waals surface area contributed by atoms with Gasteiger partial charge in [-0.2, -0.15) is 0 Å². The minimum Gasteiger partial charge on any atom is -0.381 e. The summed E-state index contributed by atoms with van der Waals surface area (Å²) in [4.78, 5) is 0. The number of hydrogen-bond donors (Lipinski definition) is 1. The summed E-state index contributed by atoms with van der Waals surface area (Å²) in [5.41, 5.74) is 0. The summed E-state index contributed by atoms with van der Waals surface area (Å²) in [5.74, 6) is 0. The lowest BCUT2D eigenvalue weighted by Crippen LogP contribution is -2.15. The van der Waals surface area contributed by atoms with E-state index in [1.165, 1.54) is 0 Å². The molecule has 1 atom stereocenters. The van der Waals surface area contributed by atoms with Gasteiger partial charge in [-0.3, -0.25) is 0 Å². The first-order valence-corrected chi connectivity index (χ1v) is 4.79. The van der Waals surface area contributed by atoms with Crippen molar-refractivity contribution in [2.45, 2.75) is 33.0 Å². The lowest BCUT2D eigenvalue weighted by Gasteiger charge is -2.10. The number of aliphatic hydroxyl groups is 1. The molecule has 1 unspecified atom stereocenters. The van der Waals surface area contributed by atoms with Crippen LogP contribution in [0, 0.1) is 0 Å². The summed E-state index contributed by atoms with van der Waals surface area (Å²) >= 11 is 0. The second kappa shape index (κ2) is 9.71. The zero-order chi connectivity index (χ0) is 9.94. The molecule has 0 saturated carbocycles. The molecule has 3 heteroatoms. The predicted octanol–water partition coefficient (Wildman–Crippen LogP) is 1.71. The van der Waals surface area contributed by atoms with Crippen molar-refractivity contribution < 1.29 is 14.6 Å². The van der Waals surface area contributed by atoms with Gasteiger partial charge in [-0.25, -0.2) is 0 Å². The van der Waals surface area contributed by atoms with Gasteiger partial charge in [0.2, 0.25) is 0 Å². The van der Waals surface area contributed by atoms with Gasteiger partial charge in [0.1, 0.15) is 0 Å². The van der Waals surface area contributed by atoms with Gasteiger partial charge in [0.25, 0.3) is 0 Å². The molecule has 0 aromatic heterocycles. The summed E-state index contributed by atoms with van der Waals surface area (Å²) in [6, 6.07) is 0. The molecule has 78 valence electrons. The van der Waals surface area contributed by atoms with E-state index in [0.717, 1.165) is 13.0 Å². The third-order valence-corrected chi connectivity index (χ3v) is 1.48. The molecular formula is C10H20O3. The minimum atomic E-state index is -0.701. The van der Waals surface area contributed by atoms with Crippen LogP contribution in [0.3, 0.4) is 0 Å². The molecule has 0 fully saturated rings. The number of rotatable bonds is 8. The van der Waals surface area contributed by atoms with Crippen LogP contribution in [0.5, 0.6) is 0 Å². The Bertz CT molecular complexity index is 123. The zero-order valence-electron chi connectivity index (χ0n) is 8.53. The average molecular weight is 188 g/mol. The molecule has 0 radical (unpaired) electrons. The maximum absolute atomic E-state index is 9.24. The molecule has 0 spiro atoms. The number of ether oxygens (including phenoxy) is 2. The van der Waals surface area contributed by atoms with Gasteiger partial charge in [-0.1, -0.05) is 19.1 Å². The predicted molar refractivity (Wildman–Crippen MR) is 52.5 cm³/mol. The Balaban J connectivity index is 3.14. The molecule has 3 nitrogen and oxygen atoms in total. The summed E-state index contributed by atoms with van der Waals surface area (Å²) < 4.78 is 10.3. The van der Waals surface area contributed by atoms with E-state index in [0.29, 0.717) is 19.6 Å². The Morgan fingerprint density at radius 3 is 2.77 bits per heavy atom. The Morgan fingerprint density at radius 1 is 1.38 bits per heavy atom. The van der Waals surface area contributed by atoms with Crippen molar-refractivity contribution in [2.24, 2.45) is 0 Å². The molecule has 0 rings (SSSR count). The quantitative estimate of drug-likeness (QED) is 0.358.